The molecule has 0 saturated carbocycles. The highest BCUT2D eigenvalue weighted by molar-refractivity contribution is 7.91. The predicted octanol–water partition coefficient (Wildman–Crippen LogP) is 2.57. The van der Waals surface area contributed by atoms with Gasteiger partial charge < -0.3 is 5.32 Å². The van der Waals surface area contributed by atoms with Gasteiger partial charge in [-0.3, -0.25) is 0 Å². The number of hydrogen-bond donors (Lipinski definition) is 1. The highest BCUT2D eigenvalue weighted by Gasteiger charge is 2.24. The van der Waals surface area contributed by atoms with Gasteiger partial charge in [0.05, 0.1) is 11.5 Å². The third-order valence-electron chi connectivity index (χ3n) is 3.41. The van der Waals surface area contributed by atoms with Gasteiger partial charge in [-0.2, -0.15) is 0 Å². The van der Waals surface area contributed by atoms with Crippen LogP contribution in [-0.4, -0.2) is 26.0 Å². The molecule has 1 atom stereocenters. The van der Waals surface area contributed by atoms with Crippen molar-refractivity contribution in [1.29, 1.82) is 0 Å². The van der Waals surface area contributed by atoms with E-state index in [-0.39, 0.29) is 12.1 Å². The Labute approximate surface area is 113 Å². The van der Waals surface area contributed by atoms with E-state index in [4.69, 9.17) is 11.6 Å². The van der Waals surface area contributed by atoms with Crippen LogP contribution in [0.4, 0.5) is 0 Å². The topological polar surface area (TPSA) is 46.2 Å². The zero-order valence-electron chi connectivity index (χ0n) is 10.4. The van der Waals surface area contributed by atoms with Crippen LogP contribution in [0.1, 0.15) is 31.4 Å². The molecule has 0 aliphatic carbocycles. The van der Waals surface area contributed by atoms with Gasteiger partial charge in [0.1, 0.15) is 9.84 Å². The molecule has 1 aromatic carbocycles. The minimum absolute atomic E-state index is 0.143. The monoisotopic (exact) mass is 287 g/mol. The summed E-state index contributed by atoms with van der Waals surface area (Å²) in [5.74, 6) is 0.583. The first-order valence-electron chi connectivity index (χ1n) is 6.19. The lowest BCUT2D eigenvalue weighted by Crippen LogP contribution is -2.38. The number of benzene rings is 1. The number of halogens is 1. The van der Waals surface area contributed by atoms with Crippen molar-refractivity contribution in [3.8, 4) is 0 Å². The molecular formula is C13H18ClNO2S. The summed E-state index contributed by atoms with van der Waals surface area (Å²) in [6, 6.07) is 8.15. The summed E-state index contributed by atoms with van der Waals surface area (Å²) >= 11 is 6.15. The summed E-state index contributed by atoms with van der Waals surface area (Å²) in [5, 5.41) is 4.22. The van der Waals surface area contributed by atoms with Crippen molar-refractivity contribution >= 4 is 21.4 Å². The summed E-state index contributed by atoms with van der Waals surface area (Å²) < 4.78 is 22.7. The molecule has 0 amide bonds. The minimum Gasteiger partial charge on any atom is -0.307 e. The molecule has 0 spiro atoms. The predicted molar refractivity (Wildman–Crippen MR) is 74.7 cm³/mol. The molecule has 1 saturated heterocycles. The second kappa shape index (κ2) is 5.59. The van der Waals surface area contributed by atoms with Gasteiger partial charge in [-0.05, 0) is 31.4 Å². The molecule has 1 heterocycles. The van der Waals surface area contributed by atoms with Gasteiger partial charge in [-0.25, -0.2) is 8.42 Å². The Morgan fingerprint density at radius 2 is 1.89 bits per heavy atom. The summed E-state index contributed by atoms with van der Waals surface area (Å²) in [7, 11) is -2.79. The SMILES string of the molecule is CC(NC1CCS(=O)(=O)CC1)c1ccccc1Cl. The lowest BCUT2D eigenvalue weighted by Gasteiger charge is -2.27. The van der Waals surface area contributed by atoms with Gasteiger partial charge in [0.15, 0.2) is 0 Å². The van der Waals surface area contributed by atoms with Gasteiger partial charge in [-0.15, -0.1) is 0 Å². The van der Waals surface area contributed by atoms with Crippen LogP contribution < -0.4 is 5.32 Å². The molecule has 0 bridgehead atoms. The molecule has 1 aromatic rings. The van der Waals surface area contributed by atoms with Crippen molar-refractivity contribution in [3.63, 3.8) is 0 Å². The molecule has 1 N–H and O–H groups in total. The lowest BCUT2D eigenvalue weighted by molar-refractivity contribution is 0.420. The average Bonchev–Trinajstić information content (AvgIpc) is 2.32. The highest BCUT2D eigenvalue weighted by Crippen LogP contribution is 2.24. The van der Waals surface area contributed by atoms with Gasteiger partial charge in [-0.1, -0.05) is 29.8 Å². The largest absolute Gasteiger partial charge is 0.307 e. The van der Waals surface area contributed by atoms with Gasteiger partial charge in [0, 0.05) is 17.1 Å². The molecule has 1 aliphatic rings. The van der Waals surface area contributed by atoms with Crippen molar-refractivity contribution in [3.05, 3.63) is 34.9 Å². The fraction of sp³-hybridized carbons (Fsp3) is 0.538. The Morgan fingerprint density at radius 3 is 2.50 bits per heavy atom. The Hall–Kier alpha value is -0.580. The van der Waals surface area contributed by atoms with E-state index in [2.05, 4.69) is 12.2 Å². The van der Waals surface area contributed by atoms with Crippen LogP contribution in [0.2, 0.25) is 5.02 Å². The fourth-order valence-corrected chi connectivity index (χ4v) is 4.12. The quantitative estimate of drug-likeness (QED) is 0.929. The van der Waals surface area contributed by atoms with Crippen molar-refractivity contribution in [2.75, 3.05) is 11.5 Å². The van der Waals surface area contributed by atoms with Crippen molar-refractivity contribution in [2.24, 2.45) is 0 Å². The van der Waals surface area contributed by atoms with Crippen molar-refractivity contribution < 1.29 is 8.42 Å². The Morgan fingerprint density at radius 1 is 1.28 bits per heavy atom. The first-order chi connectivity index (χ1) is 8.48. The number of rotatable bonds is 3. The zero-order chi connectivity index (χ0) is 13.2. The summed E-state index contributed by atoms with van der Waals surface area (Å²) in [4.78, 5) is 0. The second-order valence-corrected chi connectivity index (χ2v) is 7.55. The van der Waals surface area contributed by atoms with Crippen LogP contribution in [0.15, 0.2) is 24.3 Å². The van der Waals surface area contributed by atoms with Crippen molar-refractivity contribution in [1.82, 2.24) is 5.32 Å². The van der Waals surface area contributed by atoms with Crippen LogP contribution in [-0.2, 0) is 9.84 Å². The van der Waals surface area contributed by atoms with E-state index in [9.17, 15) is 8.42 Å². The standard InChI is InChI=1S/C13H18ClNO2S/c1-10(12-4-2-3-5-13(12)14)15-11-6-8-18(16,17)9-7-11/h2-5,10-11,15H,6-9H2,1H3. The maximum absolute atomic E-state index is 11.4. The molecule has 1 aliphatic heterocycles. The van der Waals surface area contributed by atoms with Crippen LogP contribution in [0.25, 0.3) is 0 Å². The molecule has 1 unspecified atom stereocenters. The third kappa shape index (κ3) is 3.46. The highest BCUT2D eigenvalue weighted by atomic mass is 35.5. The first kappa shape index (κ1) is 13.8. The third-order valence-corrected chi connectivity index (χ3v) is 5.47. The normalized spacial score (nSPS) is 21.7. The summed E-state index contributed by atoms with van der Waals surface area (Å²) in [6.45, 7) is 2.06. The molecule has 18 heavy (non-hydrogen) atoms. The number of hydrogen-bond acceptors (Lipinski definition) is 3. The average molecular weight is 288 g/mol. The maximum Gasteiger partial charge on any atom is 0.150 e. The molecular weight excluding hydrogens is 270 g/mol. The Bertz CT molecular complexity index is 501. The Kier molecular flexibility index (Phi) is 4.30. The van der Waals surface area contributed by atoms with Gasteiger partial charge >= 0.3 is 0 Å². The molecule has 5 heteroatoms. The number of nitrogens with one attached hydrogen (secondary N) is 1. The fourth-order valence-electron chi connectivity index (χ4n) is 2.33. The van der Waals surface area contributed by atoms with Crippen LogP contribution in [0.5, 0.6) is 0 Å². The summed E-state index contributed by atoms with van der Waals surface area (Å²) in [6.07, 6.45) is 1.38. The zero-order valence-corrected chi connectivity index (χ0v) is 12.0. The van der Waals surface area contributed by atoms with E-state index in [1.54, 1.807) is 0 Å². The van der Waals surface area contributed by atoms with Gasteiger partial charge in [0.25, 0.3) is 0 Å². The number of sulfone groups is 1. The minimum atomic E-state index is -2.79. The first-order valence-corrected chi connectivity index (χ1v) is 8.39. The molecule has 3 nitrogen and oxygen atoms in total. The molecule has 2 rings (SSSR count). The van der Waals surface area contributed by atoms with E-state index >= 15 is 0 Å². The molecule has 100 valence electrons. The molecule has 1 fully saturated rings. The lowest BCUT2D eigenvalue weighted by atomic mass is 10.1. The second-order valence-electron chi connectivity index (χ2n) is 4.84. The smallest absolute Gasteiger partial charge is 0.150 e. The van der Waals surface area contributed by atoms with Crippen LogP contribution in [0.3, 0.4) is 0 Å². The Balaban J connectivity index is 1.97. The molecule has 0 radical (unpaired) electrons. The van der Waals surface area contributed by atoms with Crippen LogP contribution in [0, 0.1) is 0 Å². The van der Waals surface area contributed by atoms with E-state index in [1.807, 2.05) is 24.3 Å². The van der Waals surface area contributed by atoms with E-state index in [0.717, 1.165) is 10.6 Å². The maximum atomic E-state index is 11.4. The van der Waals surface area contributed by atoms with E-state index in [0.29, 0.717) is 24.3 Å². The van der Waals surface area contributed by atoms with E-state index in [1.165, 1.54) is 0 Å². The van der Waals surface area contributed by atoms with E-state index < -0.39 is 9.84 Å². The van der Waals surface area contributed by atoms with Gasteiger partial charge in [0.2, 0.25) is 0 Å². The summed E-state index contributed by atoms with van der Waals surface area (Å²) in [5.41, 5.74) is 1.06. The van der Waals surface area contributed by atoms with Crippen molar-refractivity contribution in [2.45, 2.75) is 31.8 Å². The van der Waals surface area contributed by atoms with Crippen LogP contribution >= 0.6 is 11.6 Å². The molecule has 0 aromatic heterocycles.